The lowest BCUT2D eigenvalue weighted by atomic mass is 10.1. The minimum absolute atomic E-state index is 0.160. The lowest BCUT2D eigenvalue weighted by molar-refractivity contribution is 0.0594. The second kappa shape index (κ2) is 7.71. The van der Waals surface area contributed by atoms with Gasteiger partial charge >= 0.3 is 11.9 Å². The Morgan fingerprint density at radius 2 is 1.13 bits per heavy atom. The highest BCUT2D eigenvalue weighted by Gasteiger charge is 2.26. The molecule has 0 unspecified atom stereocenters. The van der Waals surface area contributed by atoms with Crippen molar-refractivity contribution in [1.82, 2.24) is 9.13 Å². The average Bonchev–Trinajstić information content (AvgIpc) is 3.33. The second-order valence-electron chi connectivity index (χ2n) is 7.58. The van der Waals surface area contributed by atoms with Crippen molar-refractivity contribution >= 4 is 33.7 Å². The molecule has 4 aromatic rings. The number of nitrogens with zero attached hydrogens (tertiary/aromatic N) is 2. The van der Waals surface area contributed by atoms with Crippen molar-refractivity contribution in [3.05, 3.63) is 72.1 Å². The number of aromatic nitrogens is 2. The molecule has 0 saturated carbocycles. The maximum absolute atomic E-state index is 12.4. The highest BCUT2D eigenvalue weighted by Crippen LogP contribution is 2.34. The van der Waals surface area contributed by atoms with Crippen molar-refractivity contribution in [1.29, 1.82) is 0 Å². The molecule has 0 bridgehead atoms. The molecule has 0 amide bonds. The topological polar surface area (TPSA) is 62.5 Å². The van der Waals surface area contributed by atoms with Crippen LogP contribution in [0.3, 0.4) is 0 Å². The fraction of sp³-hybridized carbons (Fsp3) is 0.250. The number of ether oxygens (including phenoxy) is 2. The lowest BCUT2D eigenvalue weighted by Crippen LogP contribution is -2.22. The Labute approximate surface area is 174 Å². The zero-order valence-electron chi connectivity index (χ0n) is 17.5. The lowest BCUT2D eigenvalue weighted by Gasteiger charge is -2.27. The fourth-order valence-corrected chi connectivity index (χ4v) is 4.17. The Morgan fingerprint density at radius 1 is 0.733 bits per heavy atom. The number of para-hydroxylation sites is 2. The first-order chi connectivity index (χ1) is 14.5. The van der Waals surface area contributed by atoms with Crippen LogP contribution in [-0.2, 0) is 9.47 Å². The van der Waals surface area contributed by atoms with E-state index in [4.69, 9.17) is 9.47 Å². The Kier molecular flexibility index (Phi) is 5.08. The molecule has 30 heavy (non-hydrogen) atoms. The van der Waals surface area contributed by atoms with Gasteiger partial charge in [-0.25, -0.2) is 9.59 Å². The number of hydrogen-bond donors (Lipinski definition) is 0. The van der Waals surface area contributed by atoms with Crippen molar-refractivity contribution < 1.29 is 19.1 Å². The van der Waals surface area contributed by atoms with Gasteiger partial charge in [0.1, 0.15) is 6.17 Å². The van der Waals surface area contributed by atoms with Crippen molar-refractivity contribution in [2.45, 2.75) is 20.0 Å². The summed E-state index contributed by atoms with van der Waals surface area (Å²) in [7, 11) is 2.77. The fourth-order valence-electron chi connectivity index (χ4n) is 4.17. The van der Waals surface area contributed by atoms with Crippen molar-refractivity contribution in [2.24, 2.45) is 5.92 Å². The molecule has 0 radical (unpaired) electrons. The molecule has 154 valence electrons. The van der Waals surface area contributed by atoms with E-state index >= 15 is 0 Å². The third-order valence-electron chi connectivity index (χ3n) is 5.46. The van der Waals surface area contributed by atoms with Gasteiger partial charge in [0, 0.05) is 23.2 Å². The summed E-state index contributed by atoms with van der Waals surface area (Å²) >= 11 is 0. The van der Waals surface area contributed by atoms with Crippen LogP contribution in [0.2, 0.25) is 0 Å². The summed E-state index contributed by atoms with van der Waals surface area (Å²) < 4.78 is 14.2. The van der Waals surface area contributed by atoms with E-state index in [0.29, 0.717) is 11.1 Å². The minimum atomic E-state index is -0.375. The van der Waals surface area contributed by atoms with Crippen LogP contribution in [0.5, 0.6) is 0 Å². The maximum Gasteiger partial charge on any atom is 0.340 e. The number of carbonyl (C=O) groups is 2. The molecule has 0 aliphatic rings. The first kappa shape index (κ1) is 19.8. The van der Waals surface area contributed by atoms with Crippen LogP contribution in [0.25, 0.3) is 21.8 Å². The summed E-state index contributed by atoms with van der Waals surface area (Å²) in [6.45, 7) is 4.23. The Morgan fingerprint density at radius 3 is 1.50 bits per heavy atom. The van der Waals surface area contributed by atoms with Crippen molar-refractivity contribution in [3.8, 4) is 0 Å². The van der Waals surface area contributed by atoms with Gasteiger partial charge in [0.25, 0.3) is 0 Å². The van der Waals surface area contributed by atoms with Gasteiger partial charge in [-0.2, -0.15) is 0 Å². The van der Waals surface area contributed by atoms with E-state index in [2.05, 4.69) is 23.0 Å². The highest BCUT2D eigenvalue weighted by atomic mass is 16.5. The van der Waals surface area contributed by atoms with Crippen LogP contribution in [-0.4, -0.2) is 35.3 Å². The molecule has 0 N–H and O–H groups in total. The molecule has 0 aliphatic heterocycles. The zero-order valence-corrected chi connectivity index (χ0v) is 17.5. The zero-order chi connectivity index (χ0) is 21.4. The minimum Gasteiger partial charge on any atom is -0.465 e. The summed E-state index contributed by atoms with van der Waals surface area (Å²) in [4.78, 5) is 24.8. The number of hydrogen-bond acceptors (Lipinski definition) is 4. The maximum atomic E-state index is 12.4. The smallest absolute Gasteiger partial charge is 0.340 e. The van der Waals surface area contributed by atoms with Gasteiger partial charge in [-0.1, -0.05) is 50.2 Å². The molecule has 6 nitrogen and oxygen atoms in total. The molecule has 6 heteroatoms. The number of esters is 2. The first-order valence-electron chi connectivity index (χ1n) is 9.83. The molecule has 2 heterocycles. The third-order valence-corrected chi connectivity index (χ3v) is 5.46. The molecular weight excluding hydrogens is 380 g/mol. The van der Waals surface area contributed by atoms with E-state index in [1.807, 2.05) is 60.9 Å². The normalized spacial score (nSPS) is 11.5. The first-order valence-corrected chi connectivity index (χ1v) is 9.83. The molecule has 0 aliphatic carbocycles. The molecule has 0 spiro atoms. The second-order valence-corrected chi connectivity index (χ2v) is 7.58. The molecular formula is C24H24N2O4. The Balaban J connectivity index is 2.00. The largest absolute Gasteiger partial charge is 0.465 e. The van der Waals surface area contributed by atoms with Crippen LogP contribution in [0.4, 0.5) is 0 Å². The van der Waals surface area contributed by atoms with Crippen LogP contribution < -0.4 is 0 Å². The van der Waals surface area contributed by atoms with Crippen LogP contribution in [0, 0.1) is 5.92 Å². The van der Waals surface area contributed by atoms with Crippen molar-refractivity contribution in [3.63, 3.8) is 0 Å². The van der Waals surface area contributed by atoms with Crippen molar-refractivity contribution in [2.75, 3.05) is 14.2 Å². The van der Waals surface area contributed by atoms with Gasteiger partial charge < -0.3 is 18.6 Å². The average molecular weight is 404 g/mol. The van der Waals surface area contributed by atoms with Crippen LogP contribution in [0.15, 0.2) is 60.9 Å². The Hall–Kier alpha value is -3.54. The van der Waals surface area contributed by atoms with Gasteiger partial charge in [-0.05, 0) is 18.1 Å². The molecule has 0 atom stereocenters. The predicted octanol–water partition coefficient (Wildman–Crippen LogP) is 4.87. The van der Waals surface area contributed by atoms with Gasteiger partial charge in [0.15, 0.2) is 0 Å². The van der Waals surface area contributed by atoms with E-state index in [1.165, 1.54) is 14.2 Å². The van der Waals surface area contributed by atoms with E-state index in [0.717, 1.165) is 21.8 Å². The van der Waals surface area contributed by atoms with Gasteiger partial charge in [-0.3, -0.25) is 0 Å². The van der Waals surface area contributed by atoms with Gasteiger partial charge in [-0.15, -0.1) is 0 Å². The van der Waals surface area contributed by atoms with E-state index in [-0.39, 0.29) is 24.0 Å². The SMILES string of the molecule is COC(=O)c1cn(C(C(C)C)n2cc(C(=O)OC)c3ccccc32)c2ccccc12. The molecule has 0 fully saturated rings. The van der Waals surface area contributed by atoms with E-state index in [9.17, 15) is 9.59 Å². The number of rotatable bonds is 5. The molecule has 2 aromatic carbocycles. The summed E-state index contributed by atoms with van der Waals surface area (Å²) in [6, 6.07) is 15.5. The number of fused-ring (bicyclic) bond motifs is 2. The Bertz CT molecular complexity index is 1150. The van der Waals surface area contributed by atoms with Crippen LogP contribution >= 0.6 is 0 Å². The number of benzene rings is 2. The van der Waals surface area contributed by atoms with E-state index in [1.54, 1.807) is 0 Å². The molecule has 0 saturated heterocycles. The number of methoxy groups -OCH3 is 2. The number of carbonyl (C=O) groups excluding carboxylic acids is 2. The third kappa shape index (κ3) is 3.05. The summed E-state index contributed by atoms with van der Waals surface area (Å²) in [6.07, 6.45) is 3.51. The molecule has 4 rings (SSSR count). The summed E-state index contributed by atoms with van der Waals surface area (Å²) in [5, 5.41) is 1.67. The highest BCUT2D eigenvalue weighted by molar-refractivity contribution is 6.05. The summed E-state index contributed by atoms with van der Waals surface area (Å²) in [5.41, 5.74) is 2.88. The van der Waals surface area contributed by atoms with E-state index < -0.39 is 0 Å². The van der Waals surface area contributed by atoms with Gasteiger partial charge in [0.2, 0.25) is 0 Å². The monoisotopic (exact) mass is 404 g/mol. The quantitative estimate of drug-likeness (QED) is 0.445. The van der Waals surface area contributed by atoms with Crippen LogP contribution in [0.1, 0.15) is 40.7 Å². The standard InChI is InChI=1S/C24H24N2O4/c1-15(2)22(25-13-18(23(27)29-3)16-9-5-7-11-20(16)25)26-14-19(24(28)30-4)17-10-6-8-12-21(17)26/h5-15,22H,1-4H3. The predicted molar refractivity (Wildman–Crippen MR) is 116 cm³/mol. The van der Waals surface area contributed by atoms with Gasteiger partial charge in [0.05, 0.1) is 36.4 Å². The molecule has 2 aromatic heterocycles. The summed E-state index contributed by atoms with van der Waals surface area (Å²) in [5.74, 6) is -0.590.